The van der Waals surface area contributed by atoms with Gasteiger partial charge in [0.25, 0.3) is 0 Å². The lowest BCUT2D eigenvalue weighted by atomic mass is 9.73. The third-order valence-corrected chi connectivity index (χ3v) is 24.0. The summed E-state index contributed by atoms with van der Waals surface area (Å²) in [5.41, 5.74) is 1.93. The maximum Gasteiger partial charge on any atom is 0.305 e. The smallest absolute Gasteiger partial charge is 0.305 e. The second-order valence-corrected chi connectivity index (χ2v) is 32.5. The van der Waals surface area contributed by atoms with Crippen molar-refractivity contribution in [3.63, 3.8) is 0 Å². The van der Waals surface area contributed by atoms with Gasteiger partial charge in [0.2, 0.25) is 0 Å². The SMILES string of the molecule is [2H]P(=O)([B][3H])SC(/C(C)=C/c1csc(C)n1)[C@@H](C)/C=C(/C)CCC[C@H](C)[C@H](O[Si](C)(C)C(C)(C)C)[C@@H](C)C(=O)C(C)(C)[C@H](CC(=O)O)O[Si](C)(C)C(C)(C)C. The monoisotopic (exact) mass is 829 g/mol. The molecule has 0 spiro atoms. The average Bonchev–Trinajstić information content (AvgIpc) is 3.43. The molecule has 1 radical (unpaired) electrons. The van der Waals surface area contributed by atoms with Crippen molar-refractivity contribution in [2.75, 3.05) is 0 Å². The Morgan fingerprint density at radius 2 is 1.62 bits per heavy atom. The normalized spacial score (nSPS) is 19.3. The second-order valence-electron chi connectivity index (χ2n) is 18.9. The van der Waals surface area contributed by atoms with E-state index in [-0.39, 0.29) is 45.5 Å². The number of ketones is 1. The van der Waals surface area contributed by atoms with Crippen molar-refractivity contribution in [3.8, 4) is 0 Å². The molecule has 2 unspecified atom stereocenters. The molecule has 303 valence electrons. The Balaban J connectivity index is 3.39. The number of aryl methyl sites for hydroxylation is 1. The molecule has 1 heterocycles. The van der Waals surface area contributed by atoms with E-state index in [9.17, 15) is 19.3 Å². The van der Waals surface area contributed by atoms with Gasteiger partial charge in [-0.2, -0.15) is 0 Å². The molecule has 0 saturated heterocycles. The fourth-order valence-electron chi connectivity index (χ4n) is 6.21. The van der Waals surface area contributed by atoms with Gasteiger partial charge in [0.05, 0.1) is 37.4 Å². The second kappa shape index (κ2) is 20.1. The first kappa shape index (κ1) is 46.6. The number of carbonyl (C=O) groups is 2. The molecule has 53 heavy (non-hydrogen) atoms. The molecule has 7 atom stereocenters. The van der Waals surface area contributed by atoms with Gasteiger partial charge in [0, 0.05) is 22.0 Å². The van der Waals surface area contributed by atoms with Crippen LogP contribution in [0.25, 0.3) is 6.08 Å². The number of allylic oxidation sites excluding steroid dienone is 2. The molecule has 0 amide bonds. The van der Waals surface area contributed by atoms with E-state index >= 15 is 0 Å². The third-order valence-electron chi connectivity index (χ3n) is 11.7. The van der Waals surface area contributed by atoms with Crippen molar-refractivity contribution in [1.82, 2.24) is 4.98 Å². The van der Waals surface area contributed by atoms with Crippen LogP contribution in [-0.4, -0.2) is 66.1 Å². The van der Waals surface area contributed by atoms with Crippen LogP contribution in [0, 0.1) is 30.1 Å². The summed E-state index contributed by atoms with van der Waals surface area (Å²) in [7, 11) is -3.96. The van der Waals surface area contributed by atoms with Gasteiger partial charge in [-0.25, -0.2) is 4.98 Å². The van der Waals surface area contributed by atoms with Crippen LogP contribution in [0.3, 0.4) is 0 Å². The van der Waals surface area contributed by atoms with Crippen molar-refractivity contribution in [1.29, 1.82) is 2.61 Å². The first-order valence-electron chi connectivity index (χ1n) is 20.1. The molecule has 1 aromatic heterocycles. The predicted molar refractivity (Wildman–Crippen MR) is 238 cm³/mol. The highest BCUT2D eigenvalue weighted by Gasteiger charge is 2.50. The molecule has 1 aromatic rings. The Bertz CT molecular complexity index is 1560. The van der Waals surface area contributed by atoms with Gasteiger partial charge < -0.3 is 18.5 Å². The predicted octanol–water partition coefficient (Wildman–Crippen LogP) is 12.1. The topological polar surface area (TPSA) is 103 Å². The number of hydrogen-bond donors (Lipinski definition) is 1. The zero-order chi connectivity index (χ0) is 43.1. The van der Waals surface area contributed by atoms with Crippen molar-refractivity contribution in [2.24, 2.45) is 23.2 Å². The van der Waals surface area contributed by atoms with Crippen LogP contribution in [0.4, 0.5) is 0 Å². The lowest BCUT2D eigenvalue weighted by Crippen LogP contribution is -2.54. The van der Waals surface area contributed by atoms with Crippen molar-refractivity contribution < 1.29 is 28.1 Å². The summed E-state index contributed by atoms with van der Waals surface area (Å²) in [5, 5.41) is 12.4. The van der Waals surface area contributed by atoms with Gasteiger partial charge in [-0.3, -0.25) is 9.59 Å². The molecule has 0 saturated carbocycles. The first-order valence-corrected chi connectivity index (χ1v) is 28.6. The molecule has 7 nitrogen and oxygen atoms in total. The molecular formula is C40H74BNO6PS2Si2. The van der Waals surface area contributed by atoms with E-state index in [2.05, 4.69) is 99.6 Å². The first-order chi connectivity index (χ1) is 24.7. The fraction of sp³-hybridized carbons (Fsp3) is 0.775. The van der Waals surface area contributed by atoms with Crippen molar-refractivity contribution >= 4 is 71.5 Å². The van der Waals surface area contributed by atoms with Crippen LogP contribution in [0.1, 0.15) is 126 Å². The maximum atomic E-state index is 14.7. The highest BCUT2D eigenvalue weighted by molar-refractivity contribution is 8.58. The van der Waals surface area contributed by atoms with Crippen LogP contribution in [0.2, 0.25) is 36.3 Å². The molecule has 0 bridgehead atoms. The standard InChI is InChI=1S/C40H74BNO6PS2Si2/c1-26(22-28(3)36(51-49(41)46)29(4)23-32-25-50-31(6)42-32)20-19-21-27(2)35(48-53(17,18)39(10,11)12)30(5)37(45)40(13,14)33(24-34(43)44)47-52(15,16)38(7,8)9/h22-23,25,27-28,30,33,35-36,41,49H,19-21,24H2,1-18H3,(H,43,44)/b26-22-,29-23+/t27-,28-,30+,33-,35-,36?/m0/s1/i41T,49D. The van der Waals surface area contributed by atoms with Crippen molar-refractivity contribution in [3.05, 3.63) is 33.3 Å². The third kappa shape index (κ3) is 15.3. The molecule has 0 aromatic carbocycles. The van der Waals surface area contributed by atoms with E-state index in [1.54, 1.807) is 11.3 Å². The summed E-state index contributed by atoms with van der Waals surface area (Å²) in [6, 6.07) is 0. The quantitative estimate of drug-likeness (QED) is 0.0700. The molecule has 0 aliphatic carbocycles. The number of aromatic nitrogens is 1. The molecule has 13 heteroatoms. The number of carboxylic acid groups (broad SMARTS) is 1. The van der Waals surface area contributed by atoms with Gasteiger partial charge >= 0.3 is 5.97 Å². The number of thiazole rings is 1. The lowest BCUT2D eigenvalue weighted by molar-refractivity contribution is -0.146. The fourth-order valence-corrected chi connectivity index (χ4v) is 12.2. The number of rotatable bonds is 22. The molecule has 0 aliphatic heterocycles. The Kier molecular flexibility index (Phi) is 17.7. The Morgan fingerprint density at radius 1 is 1.08 bits per heavy atom. The van der Waals surface area contributed by atoms with Gasteiger partial charge in [0.15, 0.2) is 24.2 Å². The summed E-state index contributed by atoms with van der Waals surface area (Å²) in [6.07, 6.45) is 5.33. The Morgan fingerprint density at radius 3 is 2.09 bits per heavy atom. The summed E-state index contributed by atoms with van der Waals surface area (Å²) in [6.45, 7) is 33.9. The summed E-state index contributed by atoms with van der Waals surface area (Å²) in [5.74, 6) is -1.50. The summed E-state index contributed by atoms with van der Waals surface area (Å²) in [4.78, 5) is 31.4. The minimum Gasteiger partial charge on any atom is -0.481 e. The van der Waals surface area contributed by atoms with Crippen LogP contribution in [0.5, 0.6) is 0 Å². The van der Waals surface area contributed by atoms with Gasteiger partial charge in [0.1, 0.15) is 5.78 Å². The zero-order valence-electron chi connectivity index (χ0n) is 38.3. The number of hydrogen-bond acceptors (Lipinski definition) is 8. The van der Waals surface area contributed by atoms with Crippen LogP contribution in [-0.2, 0) is 23.0 Å². The number of nitrogens with zero attached hydrogens (tertiary/aromatic N) is 1. The number of carbonyl (C=O) groups excluding carboxylic acids is 1. The number of carboxylic acids is 1. The van der Waals surface area contributed by atoms with Gasteiger partial charge in [-0.1, -0.05) is 93.4 Å². The summed E-state index contributed by atoms with van der Waals surface area (Å²) < 4.78 is 42.5. The van der Waals surface area contributed by atoms with E-state index in [0.29, 0.717) is 0 Å². The highest BCUT2D eigenvalue weighted by atomic mass is 32.7. The maximum absolute atomic E-state index is 14.7. The number of aliphatic carboxylic acids is 1. The van der Waals surface area contributed by atoms with E-state index < -0.39 is 46.9 Å². The van der Waals surface area contributed by atoms with E-state index in [1.165, 1.54) is 5.57 Å². The van der Waals surface area contributed by atoms with Gasteiger partial charge in [-0.15, -0.1) is 22.7 Å². The van der Waals surface area contributed by atoms with Crippen molar-refractivity contribution in [2.45, 2.75) is 176 Å². The van der Waals surface area contributed by atoms with Crippen LogP contribution >= 0.6 is 29.5 Å². The average molecular weight is 830 g/mol. The van der Waals surface area contributed by atoms with E-state index in [4.69, 9.17) is 11.5 Å². The van der Waals surface area contributed by atoms with E-state index in [1.807, 2.05) is 46.1 Å². The summed E-state index contributed by atoms with van der Waals surface area (Å²) >= 11 is 2.61. The molecule has 1 N–H and O–H groups in total. The molecule has 0 fully saturated rings. The van der Waals surface area contributed by atoms with E-state index in [0.717, 1.165) is 54.4 Å². The Hall–Kier alpha value is -0.751. The Labute approximate surface area is 338 Å². The van der Waals surface area contributed by atoms with Crippen LogP contribution < -0.4 is 0 Å². The lowest BCUT2D eigenvalue weighted by Gasteiger charge is -2.46. The molecule has 1 rings (SSSR count). The van der Waals surface area contributed by atoms with Crippen LogP contribution in [0.15, 0.2) is 22.6 Å². The molecular weight excluding hydrogens is 753 g/mol. The van der Waals surface area contributed by atoms with Gasteiger partial charge in [-0.05, 0) is 95.5 Å². The number of Topliss-reactive ketones (excluding diaryl/α,β-unsaturated/α-hetero) is 1. The highest BCUT2D eigenvalue weighted by Crippen LogP contribution is 2.45. The largest absolute Gasteiger partial charge is 0.481 e. The molecule has 0 aliphatic rings. The zero-order valence-corrected chi connectivity index (χ0v) is 40.8. The minimum atomic E-state index is -3.57. The minimum absolute atomic E-state index is 0.0331.